The van der Waals surface area contributed by atoms with Gasteiger partial charge in [-0.15, -0.1) is 23.2 Å². The molecule has 50 valence electrons. The molecule has 0 spiro atoms. The third-order valence-corrected chi connectivity index (χ3v) is 1.27. The fraction of sp³-hybridized carbons (Fsp3) is 0.333. The van der Waals surface area contributed by atoms with E-state index in [9.17, 15) is 0 Å². The Hall–Kier alpha value is 0.644. The van der Waals surface area contributed by atoms with Crippen LogP contribution >= 0.6 is 23.2 Å². The van der Waals surface area contributed by atoms with Crippen LogP contribution in [-0.2, 0) is 17.4 Å². The summed E-state index contributed by atoms with van der Waals surface area (Å²) in [6.45, 7) is 0. The number of hydrogen-bond donors (Lipinski definition) is 0. The van der Waals surface area contributed by atoms with E-state index in [2.05, 4.69) is 35.7 Å². The van der Waals surface area contributed by atoms with E-state index >= 15 is 0 Å². The Labute approximate surface area is 74.9 Å². The molecule has 1 rings (SSSR count). The summed E-state index contributed by atoms with van der Waals surface area (Å²) in [6, 6.07) is 0. The molecule has 0 N–H and O–H groups in total. The molecule has 0 bridgehead atoms. The second-order valence-corrected chi connectivity index (χ2v) is 3.10. The standard InChI is InChI=1S/C5H5.CH2Cl2.V/c1-2-4-5-3-1;2-1-3;/h1-3H,4H2;1H2;. The fourth-order valence-corrected chi connectivity index (χ4v) is 0.735. The van der Waals surface area contributed by atoms with Crippen LogP contribution in [0.15, 0.2) is 22.5 Å². The topological polar surface area (TPSA) is 0 Å². The van der Waals surface area contributed by atoms with E-state index < -0.39 is 0 Å². The van der Waals surface area contributed by atoms with E-state index in [1.807, 2.05) is 0 Å². The summed E-state index contributed by atoms with van der Waals surface area (Å²) in [4.78, 5) is 0. The van der Waals surface area contributed by atoms with Crippen molar-refractivity contribution in [3.05, 3.63) is 22.5 Å². The van der Waals surface area contributed by atoms with E-state index in [4.69, 9.17) is 23.2 Å². The average Bonchev–Trinajstić information content (AvgIpc) is 2.20. The SMILES string of the molecule is ClCCl.[V][C]1=CC=CC1. The summed E-state index contributed by atoms with van der Waals surface area (Å²) in [5, 5.41) is 0.194. The number of rotatable bonds is 0. The van der Waals surface area contributed by atoms with Gasteiger partial charge in [-0.1, -0.05) is 0 Å². The predicted octanol–water partition coefficient (Wildman–Crippen LogP) is 2.80. The molecule has 0 nitrogen and oxygen atoms in total. The van der Waals surface area contributed by atoms with Gasteiger partial charge in [-0.2, -0.15) is 0 Å². The van der Waals surface area contributed by atoms with Gasteiger partial charge in [0, 0.05) is 0 Å². The minimum absolute atomic E-state index is 0.194. The number of alkyl halides is 2. The average molecular weight is 201 g/mol. The van der Waals surface area contributed by atoms with E-state index in [1.165, 1.54) is 4.28 Å². The van der Waals surface area contributed by atoms with Crippen LogP contribution in [0.4, 0.5) is 0 Å². The zero-order chi connectivity index (χ0) is 7.11. The first-order valence-corrected chi connectivity index (χ1v) is 4.24. The molecule has 0 aromatic rings. The molecule has 0 aromatic heterocycles. The Morgan fingerprint density at radius 3 is 2.22 bits per heavy atom. The summed E-state index contributed by atoms with van der Waals surface area (Å²) in [5.74, 6) is 0. The van der Waals surface area contributed by atoms with Gasteiger partial charge in [-0.05, 0) is 0 Å². The van der Waals surface area contributed by atoms with Crippen molar-refractivity contribution >= 4 is 23.2 Å². The Bertz CT molecular complexity index is 118. The Kier molecular flexibility index (Phi) is 7.24. The van der Waals surface area contributed by atoms with Gasteiger partial charge < -0.3 is 0 Å². The molecule has 0 radical (unpaired) electrons. The van der Waals surface area contributed by atoms with Gasteiger partial charge in [0.15, 0.2) is 0 Å². The van der Waals surface area contributed by atoms with Crippen molar-refractivity contribution in [3.63, 3.8) is 0 Å². The van der Waals surface area contributed by atoms with E-state index in [0.29, 0.717) is 0 Å². The van der Waals surface area contributed by atoms with E-state index in [0.717, 1.165) is 6.42 Å². The van der Waals surface area contributed by atoms with Gasteiger partial charge in [-0.25, -0.2) is 0 Å². The van der Waals surface area contributed by atoms with Crippen LogP contribution in [0, 0.1) is 0 Å². The first-order chi connectivity index (χ1) is 4.31. The molecule has 1 aliphatic carbocycles. The molecule has 0 saturated heterocycles. The number of halogens is 2. The van der Waals surface area contributed by atoms with Crippen LogP contribution < -0.4 is 0 Å². The van der Waals surface area contributed by atoms with Crippen molar-refractivity contribution in [1.82, 2.24) is 0 Å². The Balaban J connectivity index is 0.000000187. The first-order valence-electron chi connectivity index (χ1n) is 2.48. The van der Waals surface area contributed by atoms with Crippen molar-refractivity contribution in [2.75, 3.05) is 5.34 Å². The van der Waals surface area contributed by atoms with E-state index in [-0.39, 0.29) is 5.34 Å². The van der Waals surface area contributed by atoms with Crippen LogP contribution in [-0.4, -0.2) is 5.34 Å². The molecule has 0 saturated carbocycles. The quantitative estimate of drug-likeness (QED) is 0.528. The summed E-state index contributed by atoms with van der Waals surface area (Å²) in [5.41, 5.74) is 0. The van der Waals surface area contributed by atoms with Gasteiger partial charge in [-0.3, -0.25) is 0 Å². The molecule has 0 fully saturated rings. The van der Waals surface area contributed by atoms with Gasteiger partial charge in [0.25, 0.3) is 0 Å². The molecule has 0 aliphatic heterocycles. The fourth-order valence-electron chi connectivity index (χ4n) is 0.436. The molecular formula is C6H7Cl2V. The molecule has 0 amide bonds. The summed E-state index contributed by atoms with van der Waals surface area (Å²) >= 11 is 12.1. The zero-order valence-electron chi connectivity index (χ0n) is 4.85. The number of allylic oxidation sites excluding steroid dienone is 4. The molecule has 0 aromatic carbocycles. The Morgan fingerprint density at radius 2 is 2.11 bits per heavy atom. The maximum atomic E-state index is 4.76. The van der Waals surface area contributed by atoms with Gasteiger partial charge in [0.2, 0.25) is 0 Å². The van der Waals surface area contributed by atoms with Crippen molar-refractivity contribution in [2.45, 2.75) is 6.42 Å². The normalized spacial score (nSPS) is 14.2. The van der Waals surface area contributed by atoms with Crippen molar-refractivity contribution < 1.29 is 17.4 Å². The minimum atomic E-state index is 0.194. The van der Waals surface area contributed by atoms with Crippen LogP contribution in [0.25, 0.3) is 0 Å². The van der Waals surface area contributed by atoms with Crippen LogP contribution in [0.2, 0.25) is 0 Å². The zero-order valence-corrected chi connectivity index (χ0v) is 7.76. The molecule has 3 heteroatoms. The number of hydrogen-bond acceptors (Lipinski definition) is 0. The van der Waals surface area contributed by atoms with Crippen molar-refractivity contribution in [2.24, 2.45) is 0 Å². The van der Waals surface area contributed by atoms with Gasteiger partial charge in [0.05, 0.1) is 5.34 Å². The van der Waals surface area contributed by atoms with Gasteiger partial charge >= 0.3 is 46.4 Å². The van der Waals surface area contributed by atoms with Crippen LogP contribution in [0.5, 0.6) is 0 Å². The van der Waals surface area contributed by atoms with Crippen molar-refractivity contribution in [1.29, 1.82) is 0 Å². The first kappa shape index (κ1) is 9.64. The molecule has 9 heavy (non-hydrogen) atoms. The van der Waals surface area contributed by atoms with Gasteiger partial charge in [0.1, 0.15) is 0 Å². The van der Waals surface area contributed by atoms with E-state index in [1.54, 1.807) is 0 Å². The van der Waals surface area contributed by atoms with Crippen LogP contribution in [0.3, 0.4) is 0 Å². The second kappa shape index (κ2) is 6.76. The monoisotopic (exact) mass is 200 g/mol. The second-order valence-electron chi connectivity index (χ2n) is 1.39. The molecule has 0 unspecified atom stereocenters. The molecule has 0 heterocycles. The third-order valence-electron chi connectivity index (χ3n) is 0.752. The molecular weight excluding hydrogens is 194 g/mol. The van der Waals surface area contributed by atoms with Crippen molar-refractivity contribution in [3.8, 4) is 0 Å². The molecule has 0 atom stereocenters. The Morgan fingerprint density at radius 1 is 1.56 bits per heavy atom. The van der Waals surface area contributed by atoms with Crippen LogP contribution in [0.1, 0.15) is 6.42 Å². The molecule has 1 aliphatic rings. The maximum absolute atomic E-state index is 4.76. The summed E-state index contributed by atoms with van der Waals surface area (Å²) < 4.78 is 1.41. The summed E-state index contributed by atoms with van der Waals surface area (Å²) in [7, 11) is 0. The third kappa shape index (κ3) is 6.53. The summed E-state index contributed by atoms with van der Waals surface area (Å²) in [6.07, 6.45) is 7.47. The predicted molar refractivity (Wildman–Crippen MR) is 38.4 cm³/mol.